The van der Waals surface area contributed by atoms with Crippen molar-refractivity contribution >= 4 is 23.1 Å². The summed E-state index contributed by atoms with van der Waals surface area (Å²) >= 11 is 5.84. The summed E-state index contributed by atoms with van der Waals surface area (Å²) in [6, 6.07) is 17.1. The SMILES string of the molecule is CN(C(=N)c1ccccc1)c1ccc(Cl)cc1. The predicted molar refractivity (Wildman–Crippen MR) is 73.1 cm³/mol. The summed E-state index contributed by atoms with van der Waals surface area (Å²) in [5, 5.41) is 8.82. The second-order valence-corrected chi connectivity index (χ2v) is 4.19. The maximum Gasteiger partial charge on any atom is 0.132 e. The second-order valence-electron chi connectivity index (χ2n) is 3.75. The molecule has 0 aromatic heterocycles. The summed E-state index contributed by atoms with van der Waals surface area (Å²) in [6.45, 7) is 0. The molecule has 0 aliphatic carbocycles. The Kier molecular flexibility index (Phi) is 3.45. The first-order valence-electron chi connectivity index (χ1n) is 5.32. The van der Waals surface area contributed by atoms with E-state index in [2.05, 4.69) is 0 Å². The van der Waals surface area contributed by atoms with Gasteiger partial charge >= 0.3 is 0 Å². The van der Waals surface area contributed by atoms with E-state index in [4.69, 9.17) is 17.0 Å². The number of benzene rings is 2. The van der Waals surface area contributed by atoms with E-state index in [0.29, 0.717) is 10.9 Å². The van der Waals surface area contributed by atoms with Crippen molar-refractivity contribution in [3.8, 4) is 0 Å². The van der Waals surface area contributed by atoms with Crippen LogP contribution in [0.15, 0.2) is 54.6 Å². The summed E-state index contributed by atoms with van der Waals surface area (Å²) in [6.07, 6.45) is 0. The van der Waals surface area contributed by atoms with Gasteiger partial charge in [0.15, 0.2) is 0 Å². The number of nitrogens with one attached hydrogen (secondary N) is 1. The molecule has 0 fully saturated rings. The average molecular weight is 245 g/mol. The lowest BCUT2D eigenvalue weighted by Gasteiger charge is -2.20. The summed E-state index contributed by atoms with van der Waals surface area (Å²) in [4.78, 5) is 1.83. The van der Waals surface area contributed by atoms with Crippen LogP contribution in [-0.4, -0.2) is 12.9 Å². The molecule has 17 heavy (non-hydrogen) atoms. The van der Waals surface area contributed by atoms with Crippen LogP contribution in [0.1, 0.15) is 5.56 Å². The fraction of sp³-hybridized carbons (Fsp3) is 0.0714. The Hall–Kier alpha value is -1.80. The van der Waals surface area contributed by atoms with Crippen molar-refractivity contribution in [3.63, 3.8) is 0 Å². The van der Waals surface area contributed by atoms with Crippen LogP contribution in [0, 0.1) is 5.41 Å². The highest BCUT2D eigenvalue weighted by Gasteiger charge is 2.08. The Labute approximate surface area is 106 Å². The first kappa shape index (κ1) is 11.7. The fourth-order valence-electron chi connectivity index (χ4n) is 1.58. The van der Waals surface area contributed by atoms with Gasteiger partial charge in [0.2, 0.25) is 0 Å². The number of nitrogens with zero attached hydrogens (tertiary/aromatic N) is 1. The van der Waals surface area contributed by atoms with Crippen LogP contribution in [0.2, 0.25) is 5.02 Å². The molecule has 3 heteroatoms. The maximum absolute atomic E-state index is 8.12. The van der Waals surface area contributed by atoms with Gasteiger partial charge in [-0.25, -0.2) is 0 Å². The third-order valence-electron chi connectivity index (χ3n) is 2.60. The Morgan fingerprint density at radius 3 is 2.18 bits per heavy atom. The van der Waals surface area contributed by atoms with Crippen LogP contribution < -0.4 is 4.90 Å². The molecule has 2 aromatic carbocycles. The van der Waals surface area contributed by atoms with E-state index in [1.165, 1.54) is 0 Å². The minimum atomic E-state index is 0.466. The van der Waals surface area contributed by atoms with Crippen LogP contribution in [0.5, 0.6) is 0 Å². The lowest BCUT2D eigenvalue weighted by molar-refractivity contribution is 1.22. The highest BCUT2D eigenvalue weighted by atomic mass is 35.5. The minimum Gasteiger partial charge on any atom is -0.329 e. The molecule has 0 amide bonds. The highest BCUT2D eigenvalue weighted by molar-refractivity contribution is 6.30. The number of hydrogen-bond donors (Lipinski definition) is 1. The van der Waals surface area contributed by atoms with Crippen LogP contribution in [0.4, 0.5) is 5.69 Å². The molecule has 0 saturated carbocycles. The van der Waals surface area contributed by atoms with Crippen molar-refractivity contribution in [2.75, 3.05) is 11.9 Å². The molecule has 86 valence electrons. The van der Waals surface area contributed by atoms with Gasteiger partial charge in [-0.1, -0.05) is 41.9 Å². The van der Waals surface area contributed by atoms with Crippen LogP contribution in [-0.2, 0) is 0 Å². The monoisotopic (exact) mass is 244 g/mol. The molecular weight excluding hydrogens is 232 g/mol. The van der Waals surface area contributed by atoms with Crippen molar-refractivity contribution in [2.24, 2.45) is 0 Å². The van der Waals surface area contributed by atoms with Gasteiger partial charge in [0.1, 0.15) is 5.84 Å². The van der Waals surface area contributed by atoms with Crippen molar-refractivity contribution < 1.29 is 0 Å². The van der Waals surface area contributed by atoms with Crippen LogP contribution in [0.25, 0.3) is 0 Å². The summed E-state index contributed by atoms with van der Waals surface area (Å²) in [5.41, 5.74) is 1.84. The lowest BCUT2D eigenvalue weighted by atomic mass is 10.2. The molecule has 2 aromatic rings. The van der Waals surface area contributed by atoms with E-state index in [-0.39, 0.29) is 0 Å². The smallest absolute Gasteiger partial charge is 0.132 e. The zero-order valence-electron chi connectivity index (χ0n) is 9.52. The van der Waals surface area contributed by atoms with Gasteiger partial charge in [0.05, 0.1) is 0 Å². The Balaban J connectivity index is 2.23. The molecule has 2 rings (SSSR count). The van der Waals surface area contributed by atoms with Gasteiger partial charge in [-0.15, -0.1) is 0 Å². The molecule has 0 spiro atoms. The van der Waals surface area contributed by atoms with Crippen molar-refractivity contribution in [1.29, 1.82) is 5.41 Å². The van der Waals surface area contributed by atoms with Gasteiger partial charge in [0, 0.05) is 23.3 Å². The number of rotatable bonds is 2. The molecule has 0 radical (unpaired) electrons. The molecule has 2 nitrogen and oxygen atoms in total. The van der Waals surface area contributed by atoms with Gasteiger partial charge in [-0.2, -0.15) is 0 Å². The third kappa shape index (κ3) is 2.66. The zero-order valence-corrected chi connectivity index (χ0v) is 10.3. The van der Waals surface area contributed by atoms with E-state index < -0.39 is 0 Å². The zero-order chi connectivity index (χ0) is 12.3. The molecule has 0 saturated heterocycles. The quantitative estimate of drug-likeness (QED) is 0.631. The third-order valence-corrected chi connectivity index (χ3v) is 2.85. The summed E-state index contributed by atoms with van der Waals surface area (Å²) in [7, 11) is 1.87. The maximum atomic E-state index is 8.12. The van der Waals surface area contributed by atoms with Crippen molar-refractivity contribution in [3.05, 3.63) is 65.2 Å². The largest absolute Gasteiger partial charge is 0.329 e. The van der Waals surface area contributed by atoms with Crippen LogP contribution in [0.3, 0.4) is 0 Å². The summed E-state index contributed by atoms with van der Waals surface area (Å²) in [5.74, 6) is 0.466. The molecule has 0 atom stereocenters. The number of halogens is 1. The standard InChI is InChI=1S/C14H13ClN2/c1-17(13-9-7-12(15)8-10-13)14(16)11-5-3-2-4-6-11/h2-10,16H,1H3. The molecule has 0 heterocycles. The first-order chi connectivity index (χ1) is 8.18. The molecule has 0 aliphatic heterocycles. The number of anilines is 1. The van der Waals surface area contributed by atoms with Gasteiger partial charge in [-0.3, -0.25) is 5.41 Å². The molecular formula is C14H13ClN2. The van der Waals surface area contributed by atoms with Crippen LogP contribution >= 0.6 is 11.6 Å². The van der Waals surface area contributed by atoms with Gasteiger partial charge in [-0.05, 0) is 24.3 Å². The lowest BCUT2D eigenvalue weighted by Crippen LogP contribution is -2.26. The fourth-order valence-corrected chi connectivity index (χ4v) is 1.71. The number of amidine groups is 1. The van der Waals surface area contributed by atoms with Gasteiger partial charge in [0.25, 0.3) is 0 Å². The molecule has 0 bridgehead atoms. The van der Waals surface area contributed by atoms with E-state index in [1.807, 2.05) is 66.5 Å². The topological polar surface area (TPSA) is 27.1 Å². The summed E-state index contributed by atoms with van der Waals surface area (Å²) < 4.78 is 0. The Bertz CT molecular complexity index is 506. The first-order valence-corrected chi connectivity index (χ1v) is 5.69. The minimum absolute atomic E-state index is 0.466. The second kappa shape index (κ2) is 5.02. The van der Waals surface area contributed by atoms with Crippen molar-refractivity contribution in [2.45, 2.75) is 0 Å². The van der Waals surface area contributed by atoms with Gasteiger partial charge < -0.3 is 4.90 Å². The normalized spacial score (nSPS) is 10.0. The molecule has 0 aliphatic rings. The average Bonchev–Trinajstić information content (AvgIpc) is 2.39. The van der Waals surface area contributed by atoms with Crippen molar-refractivity contribution in [1.82, 2.24) is 0 Å². The number of hydrogen-bond acceptors (Lipinski definition) is 1. The predicted octanol–water partition coefficient (Wildman–Crippen LogP) is 3.80. The van der Waals surface area contributed by atoms with E-state index in [0.717, 1.165) is 11.3 Å². The van der Waals surface area contributed by atoms with E-state index in [1.54, 1.807) is 0 Å². The van der Waals surface area contributed by atoms with E-state index >= 15 is 0 Å². The van der Waals surface area contributed by atoms with E-state index in [9.17, 15) is 0 Å². The Morgan fingerprint density at radius 2 is 1.59 bits per heavy atom. The highest BCUT2D eigenvalue weighted by Crippen LogP contribution is 2.18. The molecule has 0 unspecified atom stereocenters. The Morgan fingerprint density at radius 1 is 1.00 bits per heavy atom. The molecule has 1 N–H and O–H groups in total.